The number of carbonyl (C=O) groups excluding carboxylic acids is 1. The Labute approximate surface area is 220 Å². The lowest BCUT2D eigenvalue weighted by Gasteiger charge is -2.30. The molecule has 0 radical (unpaired) electrons. The summed E-state index contributed by atoms with van der Waals surface area (Å²) in [5.41, 5.74) is 4.05. The minimum absolute atomic E-state index is 0.143. The molecule has 1 fully saturated rings. The zero-order valence-corrected chi connectivity index (χ0v) is 22.8. The minimum atomic E-state index is -3.63. The summed E-state index contributed by atoms with van der Waals surface area (Å²) in [7, 11) is -2.09. The number of carbonyl (C=O) groups is 1. The van der Waals surface area contributed by atoms with Crippen LogP contribution in [0.15, 0.2) is 47.4 Å². The number of amides is 1. The fourth-order valence-corrected chi connectivity index (χ4v) is 6.96. The molecule has 0 atom stereocenters. The lowest BCUT2D eigenvalue weighted by atomic mass is 9.97. The first-order valence-corrected chi connectivity index (χ1v) is 14.3. The smallest absolute Gasteiger partial charge is 0.243 e. The maximum Gasteiger partial charge on any atom is 0.243 e. The van der Waals surface area contributed by atoms with E-state index in [0.717, 1.165) is 15.9 Å². The van der Waals surface area contributed by atoms with Crippen molar-refractivity contribution in [1.82, 2.24) is 19.1 Å². The Morgan fingerprint density at radius 1 is 1.05 bits per heavy atom. The molecule has 11 heteroatoms. The summed E-state index contributed by atoms with van der Waals surface area (Å²) in [6.07, 6.45) is 0.877. The van der Waals surface area contributed by atoms with Gasteiger partial charge in [-0.25, -0.2) is 13.4 Å². The van der Waals surface area contributed by atoms with Gasteiger partial charge in [0.1, 0.15) is 11.6 Å². The highest BCUT2D eigenvalue weighted by Gasteiger charge is 2.32. The molecule has 0 spiro atoms. The van der Waals surface area contributed by atoms with Gasteiger partial charge in [0.2, 0.25) is 21.1 Å². The molecule has 37 heavy (non-hydrogen) atoms. The van der Waals surface area contributed by atoms with Gasteiger partial charge in [0, 0.05) is 25.1 Å². The fraction of sp³-hybridized carbons (Fsp3) is 0.346. The first kappa shape index (κ1) is 25.4. The van der Waals surface area contributed by atoms with Crippen LogP contribution in [0, 0.1) is 26.7 Å². The molecule has 4 aromatic rings. The maximum absolute atomic E-state index is 13.2. The molecule has 1 N–H and O–H groups in total. The average molecular weight is 540 g/mol. The first-order chi connectivity index (χ1) is 17.7. The number of sulfonamides is 1. The number of anilines is 1. The summed E-state index contributed by atoms with van der Waals surface area (Å²) in [6.45, 7) is 6.56. The third-order valence-electron chi connectivity index (χ3n) is 6.78. The van der Waals surface area contributed by atoms with E-state index in [-0.39, 0.29) is 29.8 Å². The Kier molecular flexibility index (Phi) is 6.78. The van der Waals surface area contributed by atoms with Crippen LogP contribution in [-0.2, 0) is 14.8 Å². The van der Waals surface area contributed by atoms with Crippen molar-refractivity contribution in [2.75, 3.05) is 25.5 Å². The van der Waals surface area contributed by atoms with Crippen molar-refractivity contribution in [3.05, 3.63) is 59.3 Å². The van der Waals surface area contributed by atoms with Crippen molar-refractivity contribution in [3.8, 4) is 10.9 Å². The number of thiazole rings is 1. The Hall–Kier alpha value is -3.28. The average Bonchev–Trinajstić information content (AvgIpc) is 3.46. The third kappa shape index (κ3) is 4.98. The topological polar surface area (TPSA) is 106 Å². The SMILES string of the molecule is COc1ccc(S(=O)(=O)N2CCC(C(=O)Nc3cc(C)nn3-c3nc4cc(C)c(C)cc4s3)CC2)cc1. The molecule has 0 saturated carbocycles. The van der Waals surface area contributed by atoms with E-state index in [1.165, 1.54) is 33.9 Å². The van der Waals surface area contributed by atoms with E-state index >= 15 is 0 Å². The summed E-state index contributed by atoms with van der Waals surface area (Å²) in [5.74, 6) is 0.713. The predicted molar refractivity (Wildman–Crippen MR) is 144 cm³/mol. The van der Waals surface area contributed by atoms with Gasteiger partial charge < -0.3 is 10.1 Å². The number of piperidine rings is 1. The molecule has 2 aromatic heterocycles. The van der Waals surface area contributed by atoms with Crippen LogP contribution < -0.4 is 10.1 Å². The highest BCUT2D eigenvalue weighted by Crippen LogP contribution is 2.30. The Balaban J connectivity index is 1.28. The van der Waals surface area contributed by atoms with E-state index in [1.54, 1.807) is 28.9 Å². The maximum atomic E-state index is 13.2. The summed E-state index contributed by atoms with van der Waals surface area (Å²) in [6, 6.07) is 12.4. The molecule has 1 aliphatic heterocycles. The van der Waals surface area contributed by atoms with Gasteiger partial charge in [-0.2, -0.15) is 14.1 Å². The van der Waals surface area contributed by atoms with Crippen molar-refractivity contribution in [2.45, 2.75) is 38.5 Å². The van der Waals surface area contributed by atoms with Gasteiger partial charge in [0.05, 0.1) is 27.9 Å². The van der Waals surface area contributed by atoms with Crippen molar-refractivity contribution >= 4 is 43.3 Å². The van der Waals surface area contributed by atoms with Gasteiger partial charge in [-0.3, -0.25) is 4.79 Å². The second-order valence-electron chi connectivity index (χ2n) is 9.33. The van der Waals surface area contributed by atoms with Crippen LogP contribution >= 0.6 is 11.3 Å². The zero-order valence-electron chi connectivity index (χ0n) is 21.2. The molecule has 5 rings (SSSR count). The highest BCUT2D eigenvalue weighted by atomic mass is 32.2. The quantitative estimate of drug-likeness (QED) is 0.388. The number of nitrogens with zero attached hydrogens (tertiary/aromatic N) is 4. The second-order valence-corrected chi connectivity index (χ2v) is 12.3. The summed E-state index contributed by atoms with van der Waals surface area (Å²) >= 11 is 1.52. The molecule has 1 saturated heterocycles. The highest BCUT2D eigenvalue weighted by molar-refractivity contribution is 7.89. The van der Waals surface area contributed by atoms with Crippen LogP contribution in [-0.4, -0.2) is 53.6 Å². The van der Waals surface area contributed by atoms with Gasteiger partial charge in [-0.15, -0.1) is 0 Å². The number of nitrogens with one attached hydrogen (secondary N) is 1. The van der Waals surface area contributed by atoms with Crippen LogP contribution in [0.3, 0.4) is 0 Å². The van der Waals surface area contributed by atoms with E-state index < -0.39 is 10.0 Å². The van der Waals surface area contributed by atoms with Gasteiger partial charge in [-0.05, 0) is 81.1 Å². The van der Waals surface area contributed by atoms with Crippen LogP contribution in [0.1, 0.15) is 29.7 Å². The predicted octanol–water partition coefficient (Wildman–Crippen LogP) is 4.46. The van der Waals surface area contributed by atoms with Crippen molar-refractivity contribution < 1.29 is 17.9 Å². The number of hydrogen-bond acceptors (Lipinski definition) is 7. The Morgan fingerprint density at radius 2 is 1.73 bits per heavy atom. The lowest BCUT2D eigenvalue weighted by Crippen LogP contribution is -2.41. The van der Waals surface area contributed by atoms with Gasteiger partial charge >= 0.3 is 0 Å². The van der Waals surface area contributed by atoms with Gasteiger partial charge in [0.15, 0.2) is 0 Å². The minimum Gasteiger partial charge on any atom is -0.497 e. The van der Waals surface area contributed by atoms with E-state index in [9.17, 15) is 13.2 Å². The number of aromatic nitrogens is 3. The van der Waals surface area contributed by atoms with Crippen molar-refractivity contribution in [2.24, 2.45) is 5.92 Å². The largest absolute Gasteiger partial charge is 0.497 e. The molecule has 194 valence electrons. The number of ether oxygens (including phenoxy) is 1. The second kappa shape index (κ2) is 9.88. The number of aryl methyl sites for hydroxylation is 3. The molecule has 0 bridgehead atoms. The molecule has 1 amide bonds. The van der Waals surface area contributed by atoms with E-state index in [0.29, 0.717) is 29.5 Å². The number of methoxy groups -OCH3 is 1. The lowest BCUT2D eigenvalue weighted by molar-refractivity contribution is -0.120. The van der Waals surface area contributed by atoms with Crippen LogP contribution in [0.25, 0.3) is 15.3 Å². The number of hydrogen-bond donors (Lipinski definition) is 1. The van der Waals surface area contributed by atoms with E-state index in [2.05, 4.69) is 36.4 Å². The molecule has 3 heterocycles. The van der Waals surface area contributed by atoms with Gasteiger partial charge in [0.25, 0.3) is 0 Å². The van der Waals surface area contributed by atoms with Crippen LogP contribution in [0.5, 0.6) is 5.75 Å². The summed E-state index contributed by atoms with van der Waals surface area (Å²) in [5, 5.41) is 8.26. The molecule has 2 aromatic carbocycles. The van der Waals surface area contributed by atoms with Crippen molar-refractivity contribution in [3.63, 3.8) is 0 Å². The molecule has 0 unspecified atom stereocenters. The molecule has 9 nitrogen and oxygen atoms in total. The Bertz CT molecular complexity index is 1530. The monoisotopic (exact) mass is 539 g/mol. The standard InChI is InChI=1S/C26H29N5O4S2/c1-16-13-22-23(14-17(16)2)36-26(27-22)31-24(15-18(3)29-31)28-25(32)19-9-11-30(12-10-19)37(33,34)21-7-5-20(35-4)6-8-21/h5-8,13-15,19H,9-12H2,1-4H3,(H,28,32). The molecular formula is C26H29N5O4S2. The number of benzene rings is 2. The van der Waals surface area contributed by atoms with Gasteiger partial charge in [-0.1, -0.05) is 11.3 Å². The Morgan fingerprint density at radius 3 is 2.41 bits per heavy atom. The first-order valence-electron chi connectivity index (χ1n) is 12.1. The van der Waals surface area contributed by atoms with Crippen LogP contribution in [0.2, 0.25) is 0 Å². The third-order valence-corrected chi connectivity index (χ3v) is 9.69. The molecular weight excluding hydrogens is 510 g/mol. The zero-order chi connectivity index (χ0) is 26.3. The normalized spacial score (nSPS) is 15.2. The van der Waals surface area contributed by atoms with E-state index in [4.69, 9.17) is 9.72 Å². The van der Waals surface area contributed by atoms with E-state index in [1.807, 2.05) is 13.0 Å². The molecule has 0 aliphatic carbocycles. The van der Waals surface area contributed by atoms with Crippen LogP contribution in [0.4, 0.5) is 5.82 Å². The summed E-state index contributed by atoms with van der Waals surface area (Å²) in [4.78, 5) is 18.1. The number of fused-ring (bicyclic) bond motifs is 1. The van der Waals surface area contributed by atoms with Crippen molar-refractivity contribution in [1.29, 1.82) is 0 Å². The molecule has 1 aliphatic rings. The fourth-order valence-electron chi connectivity index (χ4n) is 4.48. The number of rotatable bonds is 6. The summed E-state index contributed by atoms with van der Waals surface area (Å²) < 4.78 is 35.4.